The molecule has 1 aliphatic rings. The predicted octanol–water partition coefficient (Wildman–Crippen LogP) is 2.48. The third-order valence-electron chi connectivity index (χ3n) is 6.43. The van der Waals surface area contributed by atoms with Crippen molar-refractivity contribution in [1.29, 1.82) is 0 Å². The Balaban J connectivity index is 1.42. The number of hydrazone groups is 1. The van der Waals surface area contributed by atoms with Gasteiger partial charge in [-0.15, -0.1) is 0 Å². The average molecular weight is 491 g/mol. The summed E-state index contributed by atoms with van der Waals surface area (Å²) in [5.74, 6) is 5.01. The van der Waals surface area contributed by atoms with E-state index in [0.29, 0.717) is 43.9 Å². The number of aromatic nitrogens is 1. The maximum atomic E-state index is 13.1. The van der Waals surface area contributed by atoms with Crippen LogP contribution in [0, 0.1) is 6.92 Å². The van der Waals surface area contributed by atoms with Gasteiger partial charge in [-0.2, -0.15) is 5.10 Å². The maximum Gasteiger partial charge on any atom is 0.251 e. The monoisotopic (exact) mass is 490 g/mol. The summed E-state index contributed by atoms with van der Waals surface area (Å²) >= 11 is 0. The van der Waals surface area contributed by atoms with Crippen LogP contribution in [0.1, 0.15) is 40.9 Å². The molecule has 5 N–H and O–H groups in total. The Morgan fingerprint density at radius 3 is 2.61 bits per heavy atom. The fourth-order valence-electron chi connectivity index (χ4n) is 4.55. The van der Waals surface area contributed by atoms with Crippen molar-refractivity contribution >= 4 is 29.1 Å². The van der Waals surface area contributed by atoms with Crippen LogP contribution in [0.5, 0.6) is 5.75 Å². The topological polar surface area (TPSA) is 142 Å². The second-order valence-electron chi connectivity index (χ2n) is 9.00. The molecule has 4 rings (SSSR count). The first-order valence-corrected chi connectivity index (χ1v) is 11.7. The van der Waals surface area contributed by atoms with Gasteiger partial charge in [0.15, 0.2) is 0 Å². The summed E-state index contributed by atoms with van der Waals surface area (Å²) in [6, 6.07) is 16.8. The van der Waals surface area contributed by atoms with Crippen molar-refractivity contribution in [3.63, 3.8) is 0 Å². The minimum absolute atomic E-state index is 0.0383. The SMILES string of the molecule is Cc1cc(COc2ccc(C(=O)NC3(CC(=O)NO)CCN(C=NN)CC3)cc2)c2ccccc2n1. The van der Waals surface area contributed by atoms with Crippen LogP contribution in [-0.2, 0) is 11.4 Å². The van der Waals surface area contributed by atoms with E-state index in [4.69, 9.17) is 15.8 Å². The number of hydrogen-bond donors (Lipinski definition) is 4. The van der Waals surface area contributed by atoms with Crippen LogP contribution >= 0.6 is 0 Å². The van der Waals surface area contributed by atoms with Gasteiger partial charge in [-0.3, -0.25) is 19.8 Å². The second kappa shape index (κ2) is 11.0. The van der Waals surface area contributed by atoms with E-state index in [9.17, 15) is 9.59 Å². The van der Waals surface area contributed by atoms with Gasteiger partial charge in [-0.25, -0.2) is 5.48 Å². The van der Waals surface area contributed by atoms with Gasteiger partial charge in [-0.1, -0.05) is 18.2 Å². The Hall–Kier alpha value is -4.18. The number of carbonyl (C=O) groups excluding carboxylic acids is 2. The summed E-state index contributed by atoms with van der Waals surface area (Å²) in [6.45, 7) is 3.46. The van der Waals surface area contributed by atoms with Crippen molar-refractivity contribution in [2.45, 2.75) is 38.3 Å². The Morgan fingerprint density at radius 1 is 1.19 bits per heavy atom. The smallest absolute Gasteiger partial charge is 0.251 e. The summed E-state index contributed by atoms with van der Waals surface area (Å²) in [7, 11) is 0. The van der Waals surface area contributed by atoms with Crippen LogP contribution in [0.3, 0.4) is 0 Å². The van der Waals surface area contributed by atoms with E-state index >= 15 is 0 Å². The zero-order valence-corrected chi connectivity index (χ0v) is 20.1. The Kier molecular flexibility index (Phi) is 7.65. The molecule has 0 bridgehead atoms. The molecule has 10 nitrogen and oxygen atoms in total. The molecule has 0 spiro atoms. The Morgan fingerprint density at radius 2 is 1.92 bits per heavy atom. The average Bonchev–Trinajstić information content (AvgIpc) is 2.89. The third-order valence-corrected chi connectivity index (χ3v) is 6.43. The minimum atomic E-state index is -0.793. The third kappa shape index (κ3) is 5.89. The number of pyridine rings is 1. The van der Waals surface area contributed by atoms with Crippen molar-refractivity contribution in [2.75, 3.05) is 13.1 Å². The molecule has 0 saturated carbocycles. The lowest BCUT2D eigenvalue weighted by Crippen LogP contribution is -2.57. The van der Waals surface area contributed by atoms with E-state index in [1.165, 1.54) is 6.34 Å². The van der Waals surface area contributed by atoms with Gasteiger partial charge in [-0.05, 0) is 56.2 Å². The number of likely N-dealkylation sites (tertiary alicyclic amines) is 1. The predicted molar refractivity (Wildman–Crippen MR) is 135 cm³/mol. The number of aryl methyl sites for hydroxylation is 1. The summed E-state index contributed by atoms with van der Waals surface area (Å²) in [5, 5.41) is 16.6. The summed E-state index contributed by atoms with van der Waals surface area (Å²) < 4.78 is 5.99. The molecule has 1 aromatic heterocycles. The van der Waals surface area contributed by atoms with Gasteiger partial charge in [0.05, 0.1) is 17.5 Å². The molecule has 1 aliphatic heterocycles. The molecule has 36 heavy (non-hydrogen) atoms. The number of hydroxylamine groups is 1. The van der Waals surface area contributed by atoms with Gasteiger partial charge < -0.3 is 20.8 Å². The number of piperidine rings is 1. The lowest BCUT2D eigenvalue weighted by molar-refractivity contribution is -0.131. The lowest BCUT2D eigenvalue weighted by Gasteiger charge is -2.41. The number of nitrogens with two attached hydrogens (primary N) is 1. The largest absolute Gasteiger partial charge is 0.489 e. The number of nitrogens with zero attached hydrogens (tertiary/aromatic N) is 3. The molecule has 188 valence electrons. The maximum absolute atomic E-state index is 13.1. The van der Waals surface area contributed by atoms with E-state index in [1.54, 1.807) is 29.7 Å². The van der Waals surface area contributed by atoms with Gasteiger partial charge in [0.25, 0.3) is 5.91 Å². The van der Waals surface area contributed by atoms with Crippen LogP contribution in [0.2, 0.25) is 0 Å². The fourth-order valence-corrected chi connectivity index (χ4v) is 4.55. The molecule has 1 fully saturated rings. The zero-order chi connectivity index (χ0) is 25.5. The number of benzene rings is 2. The second-order valence-corrected chi connectivity index (χ2v) is 9.00. The normalized spacial score (nSPS) is 15.1. The van der Waals surface area contributed by atoms with Gasteiger partial charge >= 0.3 is 0 Å². The number of carbonyl (C=O) groups is 2. The first kappa shape index (κ1) is 24.9. The molecule has 10 heteroatoms. The van der Waals surface area contributed by atoms with Crippen molar-refractivity contribution in [3.8, 4) is 5.75 Å². The molecule has 0 unspecified atom stereocenters. The highest BCUT2D eigenvalue weighted by Gasteiger charge is 2.37. The van der Waals surface area contributed by atoms with E-state index in [2.05, 4.69) is 15.4 Å². The highest BCUT2D eigenvalue weighted by atomic mass is 16.5. The number of hydrogen-bond acceptors (Lipinski definition) is 7. The Labute approximate surface area is 209 Å². The minimum Gasteiger partial charge on any atom is -0.489 e. The molecule has 0 atom stereocenters. The zero-order valence-electron chi connectivity index (χ0n) is 20.1. The lowest BCUT2D eigenvalue weighted by atomic mass is 9.83. The highest BCUT2D eigenvalue weighted by Crippen LogP contribution is 2.27. The quantitative estimate of drug-likeness (QED) is 0.125. The van der Waals surface area contributed by atoms with Crippen LogP contribution in [0.25, 0.3) is 10.9 Å². The number of amides is 2. The van der Waals surface area contributed by atoms with E-state index in [1.807, 2.05) is 42.2 Å². The van der Waals surface area contributed by atoms with E-state index in [-0.39, 0.29) is 12.3 Å². The van der Waals surface area contributed by atoms with Crippen molar-refractivity contribution < 1.29 is 19.5 Å². The van der Waals surface area contributed by atoms with E-state index in [0.717, 1.165) is 22.2 Å². The first-order valence-electron chi connectivity index (χ1n) is 11.7. The molecular weight excluding hydrogens is 460 g/mol. The van der Waals surface area contributed by atoms with Gasteiger partial charge in [0, 0.05) is 35.3 Å². The molecule has 2 aromatic carbocycles. The molecule has 0 aliphatic carbocycles. The summed E-state index contributed by atoms with van der Waals surface area (Å²) in [6.07, 6.45) is 2.49. The van der Waals surface area contributed by atoms with Gasteiger partial charge in [0.2, 0.25) is 5.91 Å². The molecular formula is C26H30N6O4. The summed E-state index contributed by atoms with van der Waals surface area (Å²) in [5.41, 5.74) is 4.20. The summed E-state index contributed by atoms with van der Waals surface area (Å²) in [4.78, 5) is 31.5. The standard InChI is InChI=1S/C26H30N6O4/c1-18-14-20(22-4-2-3-5-23(22)29-18)16-36-21-8-6-19(7-9-21)25(34)30-26(15-24(33)31-35)10-12-32(13-11-26)17-28-27/h2-9,14,17,35H,10-13,15-16,27H2,1H3,(H,30,34)(H,31,33). The number of nitrogens with one attached hydrogen (secondary N) is 2. The highest BCUT2D eigenvalue weighted by molar-refractivity contribution is 5.95. The van der Waals surface area contributed by atoms with E-state index < -0.39 is 11.4 Å². The number of rotatable bonds is 8. The van der Waals surface area contributed by atoms with Gasteiger partial charge in [0.1, 0.15) is 18.7 Å². The van der Waals surface area contributed by atoms with Crippen LogP contribution < -0.4 is 21.4 Å². The molecule has 2 heterocycles. The molecule has 1 saturated heterocycles. The molecule has 2 amide bonds. The van der Waals surface area contributed by atoms with Crippen molar-refractivity contribution in [1.82, 2.24) is 20.7 Å². The number of fused-ring (bicyclic) bond motifs is 1. The first-order chi connectivity index (χ1) is 17.4. The van der Waals surface area contributed by atoms with Crippen molar-refractivity contribution in [2.24, 2.45) is 10.9 Å². The Bertz CT molecular complexity index is 1250. The van der Waals surface area contributed by atoms with Crippen LogP contribution in [-0.4, -0.2) is 51.9 Å². The molecule has 3 aromatic rings. The number of ether oxygens (including phenoxy) is 1. The van der Waals surface area contributed by atoms with Crippen LogP contribution in [0.15, 0.2) is 59.7 Å². The fraction of sp³-hybridized carbons (Fsp3) is 0.308. The molecule has 0 radical (unpaired) electrons. The van der Waals surface area contributed by atoms with Crippen LogP contribution in [0.4, 0.5) is 0 Å². The number of para-hydroxylation sites is 1. The van der Waals surface area contributed by atoms with Crippen molar-refractivity contribution in [3.05, 3.63) is 71.4 Å².